The SMILES string of the molecule is O=C(O)/C=C/c1cc(F)ccc1OCc1cncc(Br)c1. The second kappa shape index (κ2) is 6.99. The zero-order valence-electron chi connectivity index (χ0n) is 10.8. The molecule has 1 aromatic carbocycles. The van der Waals surface area contributed by atoms with E-state index in [-0.39, 0.29) is 6.61 Å². The lowest BCUT2D eigenvalue weighted by molar-refractivity contribution is -0.131. The molecule has 0 saturated carbocycles. The van der Waals surface area contributed by atoms with Crippen LogP contribution in [-0.4, -0.2) is 16.1 Å². The third-order valence-corrected chi connectivity index (χ3v) is 2.97. The second-order valence-corrected chi connectivity index (χ2v) is 5.07. The van der Waals surface area contributed by atoms with Crippen LogP contribution in [0.2, 0.25) is 0 Å². The number of hydrogen-bond acceptors (Lipinski definition) is 3. The van der Waals surface area contributed by atoms with Crippen LogP contribution in [0.25, 0.3) is 6.08 Å². The highest BCUT2D eigenvalue weighted by molar-refractivity contribution is 9.10. The molecule has 6 heteroatoms. The van der Waals surface area contributed by atoms with Crippen molar-refractivity contribution in [2.24, 2.45) is 0 Å². The molecule has 0 aliphatic carbocycles. The number of carbonyl (C=O) groups is 1. The Morgan fingerprint density at radius 1 is 1.38 bits per heavy atom. The molecule has 1 aromatic heterocycles. The average Bonchev–Trinajstić information content (AvgIpc) is 2.44. The molecule has 108 valence electrons. The lowest BCUT2D eigenvalue weighted by Crippen LogP contribution is -1.98. The zero-order valence-corrected chi connectivity index (χ0v) is 12.4. The summed E-state index contributed by atoms with van der Waals surface area (Å²) < 4.78 is 19.7. The number of aromatic nitrogens is 1. The van der Waals surface area contributed by atoms with E-state index in [1.165, 1.54) is 24.3 Å². The molecule has 0 aliphatic heterocycles. The van der Waals surface area contributed by atoms with Crippen LogP contribution in [0.1, 0.15) is 11.1 Å². The van der Waals surface area contributed by atoms with E-state index in [0.717, 1.165) is 16.1 Å². The van der Waals surface area contributed by atoms with E-state index in [4.69, 9.17) is 9.84 Å². The van der Waals surface area contributed by atoms with Gasteiger partial charge >= 0.3 is 5.97 Å². The number of hydrogen-bond donors (Lipinski definition) is 1. The summed E-state index contributed by atoms with van der Waals surface area (Å²) in [5, 5.41) is 8.64. The van der Waals surface area contributed by atoms with Crippen molar-refractivity contribution in [3.05, 3.63) is 64.2 Å². The molecule has 0 spiro atoms. The highest BCUT2D eigenvalue weighted by Crippen LogP contribution is 2.22. The Balaban J connectivity index is 2.17. The molecule has 0 unspecified atom stereocenters. The monoisotopic (exact) mass is 351 g/mol. The van der Waals surface area contributed by atoms with Gasteiger partial charge in [0.25, 0.3) is 0 Å². The standard InChI is InChI=1S/C15H11BrFNO3/c16-12-5-10(7-18-8-12)9-21-14-3-2-13(17)6-11(14)1-4-15(19)20/h1-8H,9H2,(H,19,20)/b4-1+. The lowest BCUT2D eigenvalue weighted by atomic mass is 10.2. The van der Waals surface area contributed by atoms with Crippen molar-refractivity contribution in [1.82, 2.24) is 4.98 Å². The van der Waals surface area contributed by atoms with Gasteiger partial charge in [-0.3, -0.25) is 4.98 Å². The van der Waals surface area contributed by atoms with E-state index in [1.54, 1.807) is 12.4 Å². The van der Waals surface area contributed by atoms with E-state index in [2.05, 4.69) is 20.9 Å². The normalized spacial score (nSPS) is 10.8. The Labute approximate surface area is 129 Å². The fourth-order valence-corrected chi connectivity index (χ4v) is 2.05. The molecule has 0 aliphatic rings. The summed E-state index contributed by atoms with van der Waals surface area (Å²) in [4.78, 5) is 14.6. The molecule has 0 bridgehead atoms. The molecule has 0 saturated heterocycles. The Bertz CT molecular complexity index is 688. The molecule has 4 nitrogen and oxygen atoms in total. The number of carboxylic acids is 1. The molecule has 0 atom stereocenters. The molecular formula is C15H11BrFNO3. The minimum atomic E-state index is -1.11. The van der Waals surface area contributed by atoms with Gasteiger partial charge in [-0.2, -0.15) is 0 Å². The third kappa shape index (κ3) is 4.68. The van der Waals surface area contributed by atoms with Crippen LogP contribution in [0, 0.1) is 5.82 Å². The van der Waals surface area contributed by atoms with Crippen LogP contribution in [0.4, 0.5) is 4.39 Å². The molecule has 0 amide bonds. The summed E-state index contributed by atoms with van der Waals surface area (Å²) in [6.45, 7) is 0.242. The van der Waals surface area contributed by atoms with Crippen molar-refractivity contribution in [2.75, 3.05) is 0 Å². The number of aliphatic carboxylic acids is 1. The number of carboxylic acid groups (broad SMARTS) is 1. The highest BCUT2D eigenvalue weighted by Gasteiger charge is 2.05. The van der Waals surface area contributed by atoms with Crippen LogP contribution >= 0.6 is 15.9 Å². The molecule has 2 rings (SSSR count). The molecular weight excluding hydrogens is 341 g/mol. The van der Waals surface area contributed by atoms with Gasteiger partial charge in [-0.15, -0.1) is 0 Å². The number of rotatable bonds is 5. The van der Waals surface area contributed by atoms with Crippen molar-refractivity contribution >= 4 is 28.0 Å². The summed E-state index contributed by atoms with van der Waals surface area (Å²) in [7, 11) is 0. The summed E-state index contributed by atoms with van der Waals surface area (Å²) >= 11 is 3.31. The summed E-state index contributed by atoms with van der Waals surface area (Å²) in [6, 6.07) is 5.78. The Morgan fingerprint density at radius 2 is 2.19 bits per heavy atom. The molecule has 0 fully saturated rings. The van der Waals surface area contributed by atoms with Gasteiger partial charge in [0, 0.05) is 34.1 Å². The van der Waals surface area contributed by atoms with E-state index < -0.39 is 11.8 Å². The van der Waals surface area contributed by atoms with E-state index in [1.807, 2.05) is 6.07 Å². The van der Waals surface area contributed by atoms with Crippen molar-refractivity contribution < 1.29 is 19.0 Å². The van der Waals surface area contributed by atoms with Gasteiger partial charge in [-0.25, -0.2) is 9.18 Å². The van der Waals surface area contributed by atoms with Crippen LogP contribution in [0.5, 0.6) is 5.75 Å². The average molecular weight is 352 g/mol. The van der Waals surface area contributed by atoms with Crippen molar-refractivity contribution in [2.45, 2.75) is 6.61 Å². The van der Waals surface area contributed by atoms with E-state index >= 15 is 0 Å². The first kappa shape index (κ1) is 15.2. The fourth-order valence-electron chi connectivity index (χ4n) is 1.64. The van der Waals surface area contributed by atoms with Gasteiger partial charge in [0.2, 0.25) is 0 Å². The smallest absolute Gasteiger partial charge is 0.328 e. The van der Waals surface area contributed by atoms with Gasteiger partial charge in [0.05, 0.1) is 0 Å². The van der Waals surface area contributed by atoms with Crippen molar-refractivity contribution in [1.29, 1.82) is 0 Å². The van der Waals surface area contributed by atoms with Gasteiger partial charge in [0.1, 0.15) is 18.2 Å². The first-order valence-corrected chi connectivity index (χ1v) is 6.76. The number of halogens is 2. The summed E-state index contributed by atoms with van der Waals surface area (Å²) in [5.74, 6) is -1.17. The Hall–Kier alpha value is -2.21. The maximum atomic E-state index is 13.2. The number of benzene rings is 1. The van der Waals surface area contributed by atoms with E-state index in [9.17, 15) is 9.18 Å². The lowest BCUT2D eigenvalue weighted by Gasteiger charge is -2.09. The van der Waals surface area contributed by atoms with Gasteiger partial charge in [-0.1, -0.05) is 0 Å². The van der Waals surface area contributed by atoms with Crippen LogP contribution in [0.15, 0.2) is 47.2 Å². The quantitative estimate of drug-likeness (QED) is 0.835. The minimum absolute atomic E-state index is 0.242. The Morgan fingerprint density at radius 3 is 2.90 bits per heavy atom. The molecule has 21 heavy (non-hydrogen) atoms. The van der Waals surface area contributed by atoms with Crippen molar-refractivity contribution in [3.8, 4) is 5.75 Å². The van der Waals surface area contributed by atoms with E-state index in [0.29, 0.717) is 11.3 Å². The van der Waals surface area contributed by atoms with Crippen LogP contribution in [-0.2, 0) is 11.4 Å². The van der Waals surface area contributed by atoms with Crippen LogP contribution in [0.3, 0.4) is 0 Å². The topological polar surface area (TPSA) is 59.4 Å². The van der Waals surface area contributed by atoms with Gasteiger partial charge in [0.15, 0.2) is 0 Å². The second-order valence-electron chi connectivity index (χ2n) is 4.15. The summed E-state index contributed by atoms with van der Waals surface area (Å²) in [5.41, 5.74) is 1.20. The summed E-state index contributed by atoms with van der Waals surface area (Å²) in [6.07, 6.45) is 5.53. The first-order chi connectivity index (χ1) is 10.0. The predicted molar refractivity (Wildman–Crippen MR) is 79.3 cm³/mol. The predicted octanol–water partition coefficient (Wildman–Crippen LogP) is 3.66. The van der Waals surface area contributed by atoms with Gasteiger partial charge < -0.3 is 9.84 Å². The number of ether oxygens (including phenoxy) is 1. The minimum Gasteiger partial charge on any atom is -0.488 e. The Kier molecular flexibility index (Phi) is 5.05. The third-order valence-electron chi connectivity index (χ3n) is 2.53. The van der Waals surface area contributed by atoms with Crippen molar-refractivity contribution in [3.63, 3.8) is 0 Å². The maximum Gasteiger partial charge on any atom is 0.328 e. The molecule has 0 radical (unpaired) electrons. The van der Waals surface area contributed by atoms with Gasteiger partial charge in [-0.05, 0) is 46.3 Å². The fraction of sp³-hybridized carbons (Fsp3) is 0.0667. The largest absolute Gasteiger partial charge is 0.488 e. The number of nitrogens with zero attached hydrogens (tertiary/aromatic N) is 1. The molecule has 1 N–H and O–H groups in total. The highest BCUT2D eigenvalue weighted by atomic mass is 79.9. The maximum absolute atomic E-state index is 13.2. The molecule has 1 heterocycles. The number of pyridine rings is 1. The molecule has 2 aromatic rings. The van der Waals surface area contributed by atoms with Crippen LogP contribution < -0.4 is 4.74 Å². The zero-order chi connectivity index (χ0) is 15.2. The first-order valence-electron chi connectivity index (χ1n) is 5.97.